The van der Waals surface area contributed by atoms with Gasteiger partial charge in [-0.1, -0.05) is 39.8 Å². The highest BCUT2D eigenvalue weighted by atomic mass is 16.5. The number of hydrogen-bond donors (Lipinski definition) is 1. The van der Waals surface area contributed by atoms with E-state index in [0.717, 1.165) is 25.3 Å². The number of rotatable bonds is 7. The van der Waals surface area contributed by atoms with E-state index in [9.17, 15) is 0 Å². The average Bonchev–Trinajstić information content (AvgIpc) is 2.45. The summed E-state index contributed by atoms with van der Waals surface area (Å²) in [6.45, 7) is 10.7. The van der Waals surface area contributed by atoms with Crippen LogP contribution in [0, 0.1) is 11.3 Å². The monoisotopic (exact) mass is 291 g/mol. The lowest BCUT2D eigenvalue weighted by atomic mass is 9.64. The van der Waals surface area contributed by atoms with Crippen LogP contribution in [0.5, 0.6) is 5.75 Å². The first kappa shape index (κ1) is 16.3. The Morgan fingerprint density at radius 3 is 2.71 bits per heavy atom. The summed E-state index contributed by atoms with van der Waals surface area (Å²) < 4.78 is 11.3. The van der Waals surface area contributed by atoms with Crippen LogP contribution in [-0.2, 0) is 11.3 Å². The summed E-state index contributed by atoms with van der Waals surface area (Å²) in [5.41, 5.74) is 1.46. The van der Waals surface area contributed by atoms with Crippen molar-refractivity contribution < 1.29 is 9.47 Å². The minimum absolute atomic E-state index is 0.202. The third kappa shape index (κ3) is 3.98. The van der Waals surface area contributed by atoms with Crippen molar-refractivity contribution in [2.45, 2.75) is 52.8 Å². The molecule has 21 heavy (non-hydrogen) atoms. The Morgan fingerprint density at radius 1 is 1.33 bits per heavy atom. The predicted octanol–water partition coefficient (Wildman–Crippen LogP) is 3.62. The SMILES string of the molecule is COc1cccc(CNC2CC(OCC(C)C)C2(C)C)c1. The lowest BCUT2D eigenvalue weighted by Crippen LogP contribution is -2.60. The van der Waals surface area contributed by atoms with Crippen molar-refractivity contribution in [1.82, 2.24) is 5.32 Å². The van der Waals surface area contributed by atoms with E-state index >= 15 is 0 Å². The first-order valence-corrected chi connectivity index (χ1v) is 7.91. The molecule has 0 amide bonds. The summed E-state index contributed by atoms with van der Waals surface area (Å²) in [5.74, 6) is 1.52. The molecule has 2 rings (SSSR count). The average molecular weight is 291 g/mol. The highest BCUT2D eigenvalue weighted by Gasteiger charge is 2.48. The minimum Gasteiger partial charge on any atom is -0.497 e. The van der Waals surface area contributed by atoms with Gasteiger partial charge in [0.15, 0.2) is 0 Å². The van der Waals surface area contributed by atoms with Crippen LogP contribution < -0.4 is 10.1 Å². The molecule has 0 spiro atoms. The molecule has 1 aromatic rings. The molecule has 3 nitrogen and oxygen atoms in total. The summed E-state index contributed by atoms with van der Waals surface area (Å²) in [7, 11) is 1.71. The maximum absolute atomic E-state index is 6.01. The Balaban J connectivity index is 1.82. The number of methoxy groups -OCH3 is 1. The Bertz CT molecular complexity index is 456. The third-order valence-corrected chi connectivity index (χ3v) is 4.50. The number of ether oxygens (including phenoxy) is 2. The number of hydrogen-bond acceptors (Lipinski definition) is 3. The molecule has 2 unspecified atom stereocenters. The topological polar surface area (TPSA) is 30.5 Å². The zero-order valence-corrected chi connectivity index (χ0v) is 14.0. The van der Waals surface area contributed by atoms with Gasteiger partial charge in [0, 0.05) is 24.6 Å². The van der Waals surface area contributed by atoms with Crippen molar-refractivity contribution in [3.05, 3.63) is 29.8 Å². The molecule has 0 heterocycles. The van der Waals surface area contributed by atoms with Gasteiger partial charge >= 0.3 is 0 Å². The van der Waals surface area contributed by atoms with Crippen LogP contribution in [0.3, 0.4) is 0 Å². The standard InChI is InChI=1S/C18H29NO2/c1-13(2)12-21-17-10-16(18(17,3)4)19-11-14-7-6-8-15(9-14)20-5/h6-9,13,16-17,19H,10-12H2,1-5H3. The predicted molar refractivity (Wildman–Crippen MR) is 86.6 cm³/mol. The van der Waals surface area contributed by atoms with Gasteiger partial charge in [0.1, 0.15) is 5.75 Å². The fraction of sp³-hybridized carbons (Fsp3) is 0.667. The molecule has 0 radical (unpaired) electrons. The first-order chi connectivity index (χ1) is 9.93. The van der Waals surface area contributed by atoms with Gasteiger partial charge in [0.05, 0.1) is 13.2 Å². The maximum Gasteiger partial charge on any atom is 0.119 e. The quantitative estimate of drug-likeness (QED) is 0.832. The molecule has 1 aromatic carbocycles. The van der Waals surface area contributed by atoms with Crippen LogP contribution in [-0.4, -0.2) is 25.9 Å². The highest BCUT2D eigenvalue weighted by Crippen LogP contribution is 2.43. The summed E-state index contributed by atoms with van der Waals surface area (Å²) in [5, 5.41) is 3.66. The second kappa shape index (κ2) is 6.80. The Labute approximate surface area is 129 Å². The van der Waals surface area contributed by atoms with Crippen molar-refractivity contribution in [2.75, 3.05) is 13.7 Å². The maximum atomic E-state index is 6.01. The van der Waals surface area contributed by atoms with Crippen molar-refractivity contribution >= 4 is 0 Å². The van der Waals surface area contributed by atoms with Crippen molar-refractivity contribution in [3.63, 3.8) is 0 Å². The molecule has 1 aliphatic carbocycles. The first-order valence-electron chi connectivity index (χ1n) is 7.91. The second-order valence-electron chi connectivity index (χ2n) is 7.06. The van der Waals surface area contributed by atoms with Gasteiger partial charge in [0.25, 0.3) is 0 Å². The Hall–Kier alpha value is -1.06. The van der Waals surface area contributed by atoms with Gasteiger partial charge in [-0.25, -0.2) is 0 Å². The molecular weight excluding hydrogens is 262 g/mol. The molecule has 1 fully saturated rings. The van der Waals surface area contributed by atoms with E-state index in [1.54, 1.807) is 7.11 Å². The lowest BCUT2D eigenvalue weighted by molar-refractivity contribution is -0.124. The Morgan fingerprint density at radius 2 is 2.10 bits per heavy atom. The van der Waals surface area contributed by atoms with E-state index in [2.05, 4.69) is 45.1 Å². The summed E-state index contributed by atoms with van der Waals surface area (Å²) in [6, 6.07) is 8.75. The van der Waals surface area contributed by atoms with Crippen molar-refractivity contribution in [2.24, 2.45) is 11.3 Å². The van der Waals surface area contributed by atoms with Crippen LogP contribution in [0.2, 0.25) is 0 Å². The van der Waals surface area contributed by atoms with E-state index in [-0.39, 0.29) is 5.41 Å². The van der Waals surface area contributed by atoms with Gasteiger partial charge in [0.2, 0.25) is 0 Å². The minimum atomic E-state index is 0.202. The second-order valence-corrected chi connectivity index (χ2v) is 7.06. The van der Waals surface area contributed by atoms with Crippen LogP contribution in [0.25, 0.3) is 0 Å². The van der Waals surface area contributed by atoms with E-state index < -0.39 is 0 Å². The van der Waals surface area contributed by atoms with Gasteiger partial charge in [-0.05, 0) is 30.0 Å². The fourth-order valence-corrected chi connectivity index (χ4v) is 2.85. The zero-order chi connectivity index (χ0) is 15.5. The lowest BCUT2D eigenvalue weighted by Gasteiger charge is -2.52. The van der Waals surface area contributed by atoms with E-state index in [0.29, 0.717) is 18.1 Å². The third-order valence-electron chi connectivity index (χ3n) is 4.50. The molecule has 0 aromatic heterocycles. The van der Waals surface area contributed by atoms with Gasteiger partial charge in [-0.2, -0.15) is 0 Å². The van der Waals surface area contributed by atoms with E-state index in [1.807, 2.05) is 12.1 Å². The molecule has 1 saturated carbocycles. The summed E-state index contributed by atoms with van der Waals surface area (Å²) >= 11 is 0. The zero-order valence-electron chi connectivity index (χ0n) is 14.0. The largest absolute Gasteiger partial charge is 0.497 e. The smallest absolute Gasteiger partial charge is 0.119 e. The molecular formula is C18H29NO2. The van der Waals surface area contributed by atoms with Crippen molar-refractivity contribution in [1.29, 1.82) is 0 Å². The Kier molecular flexibility index (Phi) is 5.28. The molecule has 0 saturated heterocycles. The van der Waals surface area contributed by atoms with Gasteiger partial charge in [-0.3, -0.25) is 0 Å². The van der Waals surface area contributed by atoms with Crippen molar-refractivity contribution in [3.8, 4) is 5.75 Å². The highest BCUT2D eigenvalue weighted by molar-refractivity contribution is 5.28. The van der Waals surface area contributed by atoms with Crippen LogP contribution in [0.15, 0.2) is 24.3 Å². The molecule has 0 bridgehead atoms. The molecule has 1 N–H and O–H groups in total. The van der Waals surface area contributed by atoms with Crippen LogP contribution in [0.4, 0.5) is 0 Å². The molecule has 2 atom stereocenters. The molecule has 3 heteroatoms. The number of nitrogens with one attached hydrogen (secondary N) is 1. The van der Waals surface area contributed by atoms with E-state index in [4.69, 9.17) is 9.47 Å². The summed E-state index contributed by atoms with van der Waals surface area (Å²) in [4.78, 5) is 0. The summed E-state index contributed by atoms with van der Waals surface area (Å²) in [6.07, 6.45) is 1.48. The van der Waals surface area contributed by atoms with Crippen LogP contribution >= 0.6 is 0 Å². The van der Waals surface area contributed by atoms with Gasteiger partial charge < -0.3 is 14.8 Å². The molecule has 0 aliphatic heterocycles. The number of benzene rings is 1. The molecule has 1 aliphatic rings. The fourth-order valence-electron chi connectivity index (χ4n) is 2.85. The van der Waals surface area contributed by atoms with Crippen LogP contribution in [0.1, 0.15) is 39.7 Å². The van der Waals surface area contributed by atoms with E-state index in [1.165, 1.54) is 5.56 Å². The normalized spacial score (nSPS) is 23.9. The van der Waals surface area contributed by atoms with Gasteiger partial charge in [-0.15, -0.1) is 0 Å². The molecule has 118 valence electrons.